The van der Waals surface area contributed by atoms with Crippen LogP contribution in [0.15, 0.2) is 78.9 Å². The van der Waals surface area contributed by atoms with Gasteiger partial charge in [0.1, 0.15) is 19.0 Å². The molecule has 1 aliphatic rings. The Morgan fingerprint density at radius 2 is 1.56 bits per heavy atom. The summed E-state index contributed by atoms with van der Waals surface area (Å²) in [6.07, 6.45) is 10.0. The van der Waals surface area contributed by atoms with Crippen molar-refractivity contribution in [1.82, 2.24) is 10.2 Å². The van der Waals surface area contributed by atoms with Gasteiger partial charge in [0.05, 0.1) is 13.2 Å². The molecule has 45 heavy (non-hydrogen) atoms. The standard InChI is InChI=1S/C38H50N2O5/c1-30(2)8-5-3-4-6-10-38(42)39-27-34-17-20-36(41)37(26-34)45-29-33-15-18-35(19-16-33)44-28-32-13-11-31(12-14-32)9-7-21-40-22-24-43-25-23-40/h5,8,11-20,26,30,41H,3-4,6-7,9-10,21-25,27-29H2,1-2H3,(H,39,42)/b8-5+. The number of rotatable bonds is 18. The summed E-state index contributed by atoms with van der Waals surface area (Å²) in [6, 6.07) is 21.7. The molecule has 0 atom stereocenters. The Morgan fingerprint density at radius 3 is 2.29 bits per heavy atom. The van der Waals surface area contributed by atoms with E-state index < -0.39 is 0 Å². The number of hydrogen-bond donors (Lipinski definition) is 2. The molecule has 2 N–H and O–H groups in total. The van der Waals surface area contributed by atoms with Gasteiger partial charge in [0.15, 0.2) is 11.5 Å². The number of phenols is 1. The van der Waals surface area contributed by atoms with E-state index in [-0.39, 0.29) is 11.7 Å². The van der Waals surface area contributed by atoms with Crippen LogP contribution in [0.3, 0.4) is 0 Å². The number of morpholine rings is 1. The van der Waals surface area contributed by atoms with E-state index in [0.717, 1.165) is 87.4 Å². The van der Waals surface area contributed by atoms with E-state index in [4.69, 9.17) is 14.2 Å². The first-order chi connectivity index (χ1) is 21.9. The van der Waals surface area contributed by atoms with Crippen LogP contribution in [0.25, 0.3) is 0 Å². The molecule has 3 aromatic carbocycles. The van der Waals surface area contributed by atoms with Gasteiger partial charge in [-0.3, -0.25) is 9.69 Å². The number of aryl methyl sites for hydroxylation is 1. The van der Waals surface area contributed by atoms with Crippen molar-refractivity contribution in [2.45, 2.75) is 72.1 Å². The molecule has 0 spiro atoms. The predicted octanol–water partition coefficient (Wildman–Crippen LogP) is 7.20. The van der Waals surface area contributed by atoms with E-state index in [0.29, 0.717) is 37.8 Å². The highest BCUT2D eigenvalue weighted by molar-refractivity contribution is 5.75. The Hall–Kier alpha value is -3.81. The molecule has 1 aliphatic heterocycles. The molecule has 0 aliphatic carbocycles. The fraction of sp³-hybridized carbons (Fsp3) is 0.447. The molecule has 1 heterocycles. The van der Waals surface area contributed by atoms with Gasteiger partial charge in [-0.1, -0.05) is 68.5 Å². The van der Waals surface area contributed by atoms with E-state index in [1.165, 1.54) is 5.56 Å². The zero-order chi connectivity index (χ0) is 31.7. The monoisotopic (exact) mass is 614 g/mol. The fourth-order valence-electron chi connectivity index (χ4n) is 5.13. The molecule has 0 unspecified atom stereocenters. The van der Waals surface area contributed by atoms with E-state index in [1.54, 1.807) is 18.2 Å². The fourth-order valence-corrected chi connectivity index (χ4v) is 5.13. The third-order valence-corrected chi connectivity index (χ3v) is 7.85. The van der Waals surface area contributed by atoms with Crippen molar-refractivity contribution >= 4 is 5.91 Å². The summed E-state index contributed by atoms with van der Waals surface area (Å²) >= 11 is 0. The summed E-state index contributed by atoms with van der Waals surface area (Å²) < 4.78 is 17.3. The Morgan fingerprint density at radius 1 is 0.889 bits per heavy atom. The number of carbonyl (C=O) groups excluding carboxylic acids is 1. The number of ether oxygens (including phenoxy) is 3. The number of benzene rings is 3. The molecule has 0 radical (unpaired) electrons. The lowest BCUT2D eigenvalue weighted by Crippen LogP contribution is -2.36. The summed E-state index contributed by atoms with van der Waals surface area (Å²) in [7, 11) is 0. The molecule has 1 amide bonds. The Labute approximate surface area is 269 Å². The molecule has 3 aromatic rings. The van der Waals surface area contributed by atoms with Gasteiger partial charge in [-0.2, -0.15) is 0 Å². The van der Waals surface area contributed by atoms with Crippen LogP contribution in [0, 0.1) is 5.92 Å². The SMILES string of the molecule is CC(C)/C=C/CCCCC(=O)NCc1ccc(O)c(OCc2ccc(OCc3ccc(CCCN4CCOCC4)cc3)cc2)c1. The van der Waals surface area contributed by atoms with E-state index in [9.17, 15) is 9.90 Å². The smallest absolute Gasteiger partial charge is 0.220 e. The number of aromatic hydroxyl groups is 1. The van der Waals surface area contributed by atoms with Crippen molar-refractivity contribution in [3.63, 3.8) is 0 Å². The van der Waals surface area contributed by atoms with E-state index >= 15 is 0 Å². The lowest BCUT2D eigenvalue weighted by Gasteiger charge is -2.26. The molecule has 1 saturated heterocycles. The minimum absolute atomic E-state index is 0.0350. The number of phenolic OH excluding ortho intramolecular Hbond substituents is 1. The number of amides is 1. The van der Waals surface area contributed by atoms with Crippen LogP contribution < -0.4 is 14.8 Å². The molecule has 242 valence electrons. The third kappa shape index (κ3) is 13.0. The molecule has 1 fully saturated rings. The number of hydrogen-bond acceptors (Lipinski definition) is 6. The third-order valence-electron chi connectivity index (χ3n) is 7.85. The van der Waals surface area contributed by atoms with Gasteiger partial charge in [-0.25, -0.2) is 0 Å². The molecule has 7 heteroatoms. The Balaban J connectivity index is 1.14. The van der Waals surface area contributed by atoms with Crippen LogP contribution >= 0.6 is 0 Å². The molecular weight excluding hydrogens is 564 g/mol. The van der Waals surface area contributed by atoms with Gasteiger partial charge in [0, 0.05) is 26.1 Å². The summed E-state index contributed by atoms with van der Waals surface area (Å²) in [5.41, 5.74) is 4.33. The largest absolute Gasteiger partial charge is 0.504 e. The first-order valence-electron chi connectivity index (χ1n) is 16.4. The molecule has 0 aromatic heterocycles. The van der Waals surface area contributed by atoms with Gasteiger partial charge in [0.25, 0.3) is 0 Å². The highest BCUT2D eigenvalue weighted by Crippen LogP contribution is 2.28. The molecule has 4 rings (SSSR count). The second-order valence-corrected chi connectivity index (χ2v) is 12.1. The van der Waals surface area contributed by atoms with Crippen LogP contribution in [-0.2, 0) is 35.7 Å². The van der Waals surface area contributed by atoms with Crippen LogP contribution in [0.2, 0.25) is 0 Å². The molecule has 7 nitrogen and oxygen atoms in total. The van der Waals surface area contributed by atoms with Gasteiger partial charge >= 0.3 is 0 Å². The molecular formula is C38H50N2O5. The number of nitrogens with one attached hydrogen (secondary N) is 1. The van der Waals surface area contributed by atoms with Crippen molar-refractivity contribution in [2.75, 3.05) is 32.8 Å². The topological polar surface area (TPSA) is 80.3 Å². The van der Waals surface area contributed by atoms with Crippen LogP contribution in [-0.4, -0.2) is 48.8 Å². The minimum atomic E-state index is 0.0350. The van der Waals surface area contributed by atoms with Crippen molar-refractivity contribution in [1.29, 1.82) is 0 Å². The first kappa shape index (κ1) is 34.1. The first-order valence-corrected chi connectivity index (χ1v) is 16.4. The average Bonchev–Trinajstić information content (AvgIpc) is 3.06. The number of unbranched alkanes of at least 4 members (excludes halogenated alkanes) is 2. The van der Waals surface area contributed by atoms with E-state index in [2.05, 4.69) is 60.5 Å². The average molecular weight is 615 g/mol. The lowest BCUT2D eigenvalue weighted by atomic mass is 10.1. The second-order valence-electron chi connectivity index (χ2n) is 12.1. The summed E-state index contributed by atoms with van der Waals surface area (Å²) in [6.45, 7) is 10.5. The Bertz CT molecular complexity index is 1310. The number of nitrogens with zero attached hydrogens (tertiary/aromatic N) is 1. The van der Waals surface area contributed by atoms with Gasteiger partial charge in [0.2, 0.25) is 5.91 Å². The van der Waals surface area contributed by atoms with Gasteiger partial charge < -0.3 is 24.6 Å². The zero-order valence-corrected chi connectivity index (χ0v) is 27.0. The summed E-state index contributed by atoms with van der Waals surface area (Å²) in [4.78, 5) is 14.7. The Kier molecular flexibility index (Phi) is 14.3. The maximum atomic E-state index is 12.2. The summed E-state index contributed by atoms with van der Waals surface area (Å²) in [5.74, 6) is 1.86. The van der Waals surface area contributed by atoms with Crippen LogP contribution in [0.4, 0.5) is 0 Å². The van der Waals surface area contributed by atoms with Crippen molar-refractivity contribution in [3.8, 4) is 17.2 Å². The quantitative estimate of drug-likeness (QED) is 0.117. The van der Waals surface area contributed by atoms with Crippen LogP contribution in [0.5, 0.6) is 17.2 Å². The van der Waals surface area contributed by atoms with Gasteiger partial charge in [-0.15, -0.1) is 0 Å². The van der Waals surface area contributed by atoms with Crippen molar-refractivity contribution < 1.29 is 24.1 Å². The van der Waals surface area contributed by atoms with Crippen molar-refractivity contribution in [2.24, 2.45) is 5.92 Å². The minimum Gasteiger partial charge on any atom is -0.504 e. The molecule has 0 saturated carbocycles. The number of allylic oxidation sites excluding steroid dienone is 2. The maximum absolute atomic E-state index is 12.2. The zero-order valence-electron chi connectivity index (χ0n) is 27.0. The predicted molar refractivity (Wildman–Crippen MR) is 180 cm³/mol. The lowest BCUT2D eigenvalue weighted by molar-refractivity contribution is -0.121. The van der Waals surface area contributed by atoms with Crippen molar-refractivity contribution in [3.05, 3.63) is 101 Å². The van der Waals surface area contributed by atoms with E-state index in [1.807, 2.05) is 24.3 Å². The highest BCUT2D eigenvalue weighted by Gasteiger charge is 2.10. The number of carbonyl (C=O) groups is 1. The summed E-state index contributed by atoms with van der Waals surface area (Å²) in [5, 5.41) is 13.3. The second kappa shape index (κ2) is 18.9. The maximum Gasteiger partial charge on any atom is 0.220 e. The normalized spacial score (nSPS) is 13.8. The molecule has 0 bridgehead atoms. The van der Waals surface area contributed by atoms with Crippen LogP contribution in [0.1, 0.15) is 68.2 Å². The highest BCUT2D eigenvalue weighted by atomic mass is 16.5. The van der Waals surface area contributed by atoms with Gasteiger partial charge in [-0.05, 0) is 91.1 Å².